The Balaban J connectivity index is 1.53. The Morgan fingerprint density at radius 3 is 2.88 bits per heavy atom. The number of esters is 1. The highest BCUT2D eigenvalue weighted by Gasteiger charge is 2.45. The maximum Gasteiger partial charge on any atom is 0.330 e. The molecule has 2 aliphatic rings. The van der Waals surface area contributed by atoms with E-state index in [1.54, 1.807) is 0 Å². The number of ether oxygens (including phenoxy) is 3. The molecule has 1 aliphatic heterocycles. The Kier molecular flexibility index (Phi) is 3.61. The van der Waals surface area contributed by atoms with E-state index in [0.717, 1.165) is 32.3 Å². The van der Waals surface area contributed by atoms with Crippen LogP contribution in [0.1, 0.15) is 25.7 Å². The van der Waals surface area contributed by atoms with E-state index in [2.05, 4.69) is 6.58 Å². The molecule has 1 unspecified atom stereocenters. The molecule has 0 spiro atoms. The monoisotopic (exact) mass is 226 g/mol. The quantitative estimate of drug-likeness (QED) is 0.272. The molecule has 1 atom stereocenters. The third kappa shape index (κ3) is 3.61. The number of hydrogen-bond donors (Lipinski definition) is 0. The fourth-order valence-corrected chi connectivity index (χ4v) is 1.67. The molecule has 0 aromatic rings. The first kappa shape index (κ1) is 11.6. The van der Waals surface area contributed by atoms with Crippen molar-refractivity contribution in [1.29, 1.82) is 0 Å². The van der Waals surface area contributed by atoms with E-state index < -0.39 is 0 Å². The van der Waals surface area contributed by atoms with Crippen molar-refractivity contribution < 1.29 is 19.0 Å². The molecule has 0 radical (unpaired) electrons. The van der Waals surface area contributed by atoms with E-state index >= 15 is 0 Å². The van der Waals surface area contributed by atoms with Crippen molar-refractivity contribution in [3.05, 3.63) is 12.7 Å². The van der Waals surface area contributed by atoms with Gasteiger partial charge in [-0.05, 0) is 25.7 Å². The van der Waals surface area contributed by atoms with Gasteiger partial charge in [0, 0.05) is 12.7 Å². The molecule has 1 saturated heterocycles. The minimum Gasteiger partial charge on any atom is -0.456 e. The second-order valence-electron chi connectivity index (χ2n) is 4.44. The first-order valence-corrected chi connectivity index (χ1v) is 5.79. The van der Waals surface area contributed by atoms with E-state index in [9.17, 15) is 4.79 Å². The highest BCUT2D eigenvalue weighted by Crippen LogP contribution is 2.43. The predicted molar refractivity (Wildman–Crippen MR) is 58.0 cm³/mol. The molecule has 4 heteroatoms. The van der Waals surface area contributed by atoms with Crippen molar-refractivity contribution in [2.75, 3.05) is 19.8 Å². The van der Waals surface area contributed by atoms with Crippen LogP contribution >= 0.6 is 0 Å². The Hall–Kier alpha value is -0.870. The Morgan fingerprint density at radius 2 is 2.31 bits per heavy atom. The Labute approximate surface area is 95.6 Å². The van der Waals surface area contributed by atoms with Crippen LogP contribution in [0.3, 0.4) is 0 Å². The second kappa shape index (κ2) is 4.97. The minimum atomic E-state index is -0.315. The Bertz CT molecular complexity index is 266. The molecule has 1 saturated carbocycles. The van der Waals surface area contributed by atoms with E-state index in [-0.39, 0.29) is 11.6 Å². The number of carbonyl (C=O) groups excluding carboxylic acids is 1. The summed E-state index contributed by atoms with van der Waals surface area (Å²) in [6.45, 7) is 5.64. The van der Waals surface area contributed by atoms with Gasteiger partial charge in [-0.2, -0.15) is 0 Å². The number of rotatable bonds is 8. The lowest BCUT2D eigenvalue weighted by Crippen LogP contribution is -2.19. The highest BCUT2D eigenvalue weighted by atomic mass is 16.6. The molecule has 1 aliphatic carbocycles. The third-order valence-corrected chi connectivity index (χ3v) is 2.92. The maximum atomic E-state index is 11.1. The van der Waals surface area contributed by atoms with Gasteiger partial charge in [-0.1, -0.05) is 6.58 Å². The summed E-state index contributed by atoms with van der Waals surface area (Å²) in [5.74, 6) is -0.315. The zero-order valence-electron chi connectivity index (χ0n) is 9.44. The Morgan fingerprint density at radius 1 is 1.56 bits per heavy atom. The number of carbonyl (C=O) groups is 1. The van der Waals surface area contributed by atoms with Gasteiger partial charge in [0.2, 0.25) is 0 Å². The maximum absolute atomic E-state index is 11.1. The summed E-state index contributed by atoms with van der Waals surface area (Å²) in [5.41, 5.74) is -0.204. The van der Waals surface area contributed by atoms with Gasteiger partial charge in [0.25, 0.3) is 0 Å². The van der Waals surface area contributed by atoms with Crippen molar-refractivity contribution in [1.82, 2.24) is 0 Å². The fraction of sp³-hybridized carbons (Fsp3) is 0.750. The van der Waals surface area contributed by atoms with Gasteiger partial charge in [-0.15, -0.1) is 0 Å². The van der Waals surface area contributed by atoms with Gasteiger partial charge >= 0.3 is 5.97 Å². The van der Waals surface area contributed by atoms with Crippen LogP contribution in [-0.2, 0) is 19.0 Å². The average Bonchev–Trinajstić information content (AvgIpc) is 3.14. The van der Waals surface area contributed by atoms with Crippen LogP contribution in [0.15, 0.2) is 12.7 Å². The number of epoxide rings is 1. The zero-order valence-corrected chi connectivity index (χ0v) is 9.44. The van der Waals surface area contributed by atoms with Crippen molar-refractivity contribution >= 4 is 5.97 Å². The van der Waals surface area contributed by atoms with Crippen LogP contribution in [0, 0.1) is 0 Å². The van der Waals surface area contributed by atoms with Gasteiger partial charge < -0.3 is 14.2 Å². The van der Waals surface area contributed by atoms with Crippen LogP contribution in [0.5, 0.6) is 0 Å². The van der Waals surface area contributed by atoms with Crippen molar-refractivity contribution in [2.45, 2.75) is 37.4 Å². The van der Waals surface area contributed by atoms with E-state index in [0.29, 0.717) is 19.3 Å². The molecule has 2 rings (SSSR count). The molecule has 16 heavy (non-hydrogen) atoms. The van der Waals surface area contributed by atoms with Gasteiger partial charge in [0.1, 0.15) is 11.7 Å². The van der Waals surface area contributed by atoms with Crippen molar-refractivity contribution in [2.24, 2.45) is 0 Å². The summed E-state index contributed by atoms with van der Waals surface area (Å²) in [7, 11) is 0. The molecule has 2 fully saturated rings. The lowest BCUT2D eigenvalue weighted by atomic mass is 10.2. The summed E-state index contributed by atoms with van der Waals surface area (Å²) < 4.78 is 15.8. The largest absolute Gasteiger partial charge is 0.456 e. The summed E-state index contributed by atoms with van der Waals surface area (Å²) in [5, 5.41) is 0. The first-order chi connectivity index (χ1) is 7.74. The summed E-state index contributed by atoms with van der Waals surface area (Å²) in [6.07, 6.45) is 5.31. The van der Waals surface area contributed by atoms with Gasteiger partial charge in [-0.25, -0.2) is 4.79 Å². The molecule has 0 bridgehead atoms. The molecule has 0 aromatic carbocycles. The highest BCUT2D eigenvalue weighted by molar-refractivity contribution is 5.81. The topological polar surface area (TPSA) is 48.1 Å². The smallest absolute Gasteiger partial charge is 0.330 e. The van der Waals surface area contributed by atoms with E-state index in [1.165, 1.54) is 6.08 Å². The molecule has 1 heterocycles. The lowest BCUT2D eigenvalue weighted by Gasteiger charge is -2.15. The standard InChI is InChI=1S/C12H18O4/c1-2-11(13)16-12(5-6-12)4-3-7-14-8-10-9-15-10/h2,10H,1,3-9H2. The van der Waals surface area contributed by atoms with E-state index in [1.807, 2.05) is 0 Å². The van der Waals surface area contributed by atoms with Crippen molar-refractivity contribution in [3.63, 3.8) is 0 Å². The average molecular weight is 226 g/mol. The van der Waals surface area contributed by atoms with Crippen molar-refractivity contribution in [3.8, 4) is 0 Å². The molecule has 0 aromatic heterocycles. The minimum absolute atomic E-state index is 0.204. The normalized spacial score (nSPS) is 24.9. The molecular formula is C12H18O4. The first-order valence-electron chi connectivity index (χ1n) is 5.79. The fourth-order valence-electron chi connectivity index (χ4n) is 1.67. The van der Waals surface area contributed by atoms with Crippen LogP contribution in [0.2, 0.25) is 0 Å². The van der Waals surface area contributed by atoms with Crippen LogP contribution in [0.4, 0.5) is 0 Å². The molecule has 4 nitrogen and oxygen atoms in total. The summed E-state index contributed by atoms with van der Waals surface area (Å²) in [4.78, 5) is 11.1. The zero-order chi connectivity index (χ0) is 11.4. The SMILES string of the molecule is C=CC(=O)OC1(CCCOCC2CO2)CC1. The predicted octanol–water partition coefficient (Wildman–Crippen LogP) is 1.44. The lowest BCUT2D eigenvalue weighted by molar-refractivity contribution is -0.145. The molecule has 90 valence electrons. The van der Waals surface area contributed by atoms with Gasteiger partial charge in [0.15, 0.2) is 0 Å². The number of hydrogen-bond acceptors (Lipinski definition) is 4. The van der Waals surface area contributed by atoms with Crippen LogP contribution < -0.4 is 0 Å². The van der Waals surface area contributed by atoms with Gasteiger partial charge in [-0.3, -0.25) is 0 Å². The molecule has 0 N–H and O–H groups in total. The second-order valence-corrected chi connectivity index (χ2v) is 4.44. The van der Waals surface area contributed by atoms with Crippen LogP contribution in [-0.4, -0.2) is 37.5 Å². The molecule has 0 amide bonds. The third-order valence-electron chi connectivity index (χ3n) is 2.92. The summed E-state index contributed by atoms with van der Waals surface area (Å²) in [6, 6.07) is 0. The van der Waals surface area contributed by atoms with Gasteiger partial charge in [0.05, 0.1) is 13.2 Å². The van der Waals surface area contributed by atoms with E-state index in [4.69, 9.17) is 14.2 Å². The molecular weight excluding hydrogens is 208 g/mol. The van der Waals surface area contributed by atoms with Crippen LogP contribution in [0.25, 0.3) is 0 Å². The summed E-state index contributed by atoms with van der Waals surface area (Å²) >= 11 is 0.